The van der Waals surface area contributed by atoms with E-state index in [1.807, 2.05) is 30.8 Å². The highest BCUT2D eigenvalue weighted by Crippen LogP contribution is 2.41. The standard InChI is InChI=1S/C12H18N2OS/c1-9(13)8-14-6-7-16-11-5-3-4-10(15-2)12(11)14/h3-5,9H,6-8,13H2,1-2H3. The molecule has 0 spiro atoms. The predicted molar refractivity (Wildman–Crippen MR) is 69.6 cm³/mol. The number of fused-ring (bicyclic) bond motifs is 1. The predicted octanol–water partition coefficient (Wildman–Crippen LogP) is 1.95. The Bertz CT molecular complexity index is 354. The van der Waals surface area contributed by atoms with E-state index in [4.69, 9.17) is 10.5 Å². The number of hydrogen-bond acceptors (Lipinski definition) is 4. The monoisotopic (exact) mass is 238 g/mol. The SMILES string of the molecule is COc1cccc2c1N(CC(C)N)CCS2. The van der Waals surface area contributed by atoms with E-state index in [9.17, 15) is 0 Å². The molecular formula is C12H18N2OS. The fraction of sp³-hybridized carbons (Fsp3) is 0.500. The average Bonchev–Trinajstić information content (AvgIpc) is 2.28. The minimum atomic E-state index is 0.181. The van der Waals surface area contributed by atoms with E-state index >= 15 is 0 Å². The van der Waals surface area contributed by atoms with Crippen molar-refractivity contribution in [2.75, 3.05) is 30.9 Å². The van der Waals surface area contributed by atoms with Crippen LogP contribution in [0, 0.1) is 0 Å². The lowest BCUT2D eigenvalue weighted by Crippen LogP contribution is -2.38. The third kappa shape index (κ3) is 2.28. The summed E-state index contributed by atoms with van der Waals surface area (Å²) in [6.45, 7) is 3.96. The fourth-order valence-electron chi connectivity index (χ4n) is 2.00. The molecule has 88 valence electrons. The first kappa shape index (κ1) is 11.6. The Hall–Kier alpha value is -0.870. The van der Waals surface area contributed by atoms with Gasteiger partial charge in [0.15, 0.2) is 0 Å². The van der Waals surface area contributed by atoms with Crippen molar-refractivity contribution in [1.82, 2.24) is 0 Å². The Morgan fingerprint density at radius 2 is 2.38 bits per heavy atom. The van der Waals surface area contributed by atoms with Gasteiger partial charge in [0.25, 0.3) is 0 Å². The highest BCUT2D eigenvalue weighted by molar-refractivity contribution is 7.99. The number of methoxy groups -OCH3 is 1. The van der Waals surface area contributed by atoms with E-state index in [1.54, 1.807) is 7.11 Å². The minimum absolute atomic E-state index is 0.181. The average molecular weight is 238 g/mol. The Labute approximate surface area is 101 Å². The molecule has 1 aliphatic heterocycles. The molecule has 1 atom stereocenters. The molecule has 0 aromatic heterocycles. The van der Waals surface area contributed by atoms with Gasteiger partial charge in [0.2, 0.25) is 0 Å². The van der Waals surface area contributed by atoms with Crippen molar-refractivity contribution in [1.29, 1.82) is 0 Å². The van der Waals surface area contributed by atoms with Gasteiger partial charge in [0.05, 0.1) is 12.8 Å². The Balaban J connectivity index is 2.35. The van der Waals surface area contributed by atoms with Gasteiger partial charge in [-0.05, 0) is 19.1 Å². The van der Waals surface area contributed by atoms with Crippen molar-refractivity contribution < 1.29 is 4.74 Å². The largest absolute Gasteiger partial charge is 0.495 e. The molecule has 2 N–H and O–H groups in total. The van der Waals surface area contributed by atoms with Crippen molar-refractivity contribution in [3.8, 4) is 5.75 Å². The van der Waals surface area contributed by atoms with Crippen LogP contribution in [0.3, 0.4) is 0 Å². The van der Waals surface area contributed by atoms with Crippen LogP contribution in [0.25, 0.3) is 0 Å². The zero-order valence-electron chi connectivity index (χ0n) is 9.77. The number of ether oxygens (including phenoxy) is 1. The lowest BCUT2D eigenvalue weighted by molar-refractivity contribution is 0.412. The van der Waals surface area contributed by atoms with Crippen molar-refractivity contribution in [2.45, 2.75) is 17.9 Å². The first-order chi connectivity index (χ1) is 7.72. The van der Waals surface area contributed by atoms with Gasteiger partial charge in [-0.3, -0.25) is 0 Å². The van der Waals surface area contributed by atoms with Gasteiger partial charge in [0.1, 0.15) is 5.75 Å². The quantitative estimate of drug-likeness (QED) is 0.873. The summed E-state index contributed by atoms with van der Waals surface area (Å²) in [4.78, 5) is 3.63. The van der Waals surface area contributed by atoms with Crippen LogP contribution in [0.4, 0.5) is 5.69 Å². The number of para-hydroxylation sites is 1. The van der Waals surface area contributed by atoms with Crippen LogP contribution in [0.2, 0.25) is 0 Å². The molecule has 1 heterocycles. The van der Waals surface area contributed by atoms with E-state index in [-0.39, 0.29) is 6.04 Å². The van der Waals surface area contributed by atoms with Gasteiger partial charge < -0.3 is 15.4 Å². The van der Waals surface area contributed by atoms with Crippen molar-refractivity contribution in [2.24, 2.45) is 5.73 Å². The second kappa shape index (κ2) is 4.97. The lowest BCUT2D eigenvalue weighted by Gasteiger charge is -2.33. The number of nitrogens with zero attached hydrogens (tertiary/aromatic N) is 1. The normalized spacial score (nSPS) is 16.8. The molecule has 3 nitrogen and oxygen atoms in total. The van der Waals surface area contributed by atoms with Gasteiger partial charge in [-0.15, -0.1) is 11.8 Å². The Morgan fingerprint density at radius 1 is 1.56 bits per heavy atom. The molecule has 16 heavy (non-hydrogen) atoms. The molecule has 0 amide bonds. The number of hydrogen-bond donors (Lipinski definition) is 1. The fourth-order valence-corrected chi connectivity index (χ4v) is 3.08. The Morgan fingerprint density at radius 3 is 3.06 bits per heavy atom. The van der Waals surface area contributed by atoms with E-state index in [0.717, 1.165) is 24.6 Å². The molecule has 1 aromatic carbocycles. The third-order valence-electron chi connectivity index (χ3n) is 2.63. The smallest absolute Gasteiger partial charge is 0.143 e. The Kier molecular flexibility index (Phi) is 3.61. The highest BCUT2D eigenvalue weighted by atomic mass is 32.2. The van der Waals surface area contributed by atoms with Crippen LogP contribution in [-0.4, -0.2) is 32.0 Å². The van der Waals surface area contributed by atoms with Gasteiger partial charge in [-0.1, -0.05) is 6.07 Å². The van der Waals surface area contributed by atoms with Crippen LogP contribution in [0.15, 0.2) is 23.1 Å². The summed E-state index contributed by atoms with van der Waals surface area (Å²) in [5.41, 5.74) is 7.09. The maximum atomic E-state index is 5.88. The molecule has 4 heteroatoms. The first-order valence-corrected chi connectivity index (χ1v) is 6.51. The van der Waals surface area contributed by atoms with Crippen LogP contribution in [-0.2, 0) is 0 Å². The summed E-state index contributed by atoms with van der Waals surface area (Å²) in [7, 11) is 1.72. The highest BCUT2D eigenvalue weighted by Gasteiger charge is 2.21. The summed E-state index contributed by atoms with van der Waals surface area (Å²) in [6, 6.07) is 6.38. The van der Waals surface area contributed by atoms with Crippen LogP contribution < -0.4 is 15.4 Å². The zero-order valence-corrected chi connectivity index (χ0v) is 10.6. The molecule has 0 aliphatic carbocycles. The number of anilines is 1. The number of rotatable bonds is 3. The van der Waals surface area contributed by atoms with E-state index in [0.29, 0.717) is 0 Å². The van der Waals surface area contributed by atoms with Crippen LogP contribution >= 0.6 is 11.8 Å². The second-order valence-electron chi connectivity index (χ2n) is 4.08. The molecule has 1 aromatic rings. The minimum Gasteiger partial charge on any atom is -0.495 e. The van der Waals surface area contributed by atoms with Gasteiger partial charge >= 0.3 is 0 Å². The summed E-state index contributed by atoms with van der Waals surface area (Å²) in [6.07, 6.45) is 0. The summed E-state index contributed by atoms with van der Waals surface area (Å²) in [5, 5.41) is 0. The molecule has 0 bridgehead atoms. The number of benzene rings is 1. The lowest BCUT2D eigenvalue weighted by atomic mass is 10.2. The van der Waals surface area contributed by atoms with E-state index < -0.39 is 0 Å². The topological polar surface area (TPSA) is 38.5 Å². The van der Waals surface area contributed by atoms with Crippen molar-refractivity contribution >= 4 is 17.4 Å². The van der Waals surface area contributed by atoms with Gasteiger partial charge in [0, 0.05) is 29.8 Å². The summed E-state index contributed by atoms with van der Waals surface area (Å²) >= 11 is 1.89. The molecule has 0 saturated heterocycles. The first-order valence-electron chi connectivity index (χ1n) is 5.52. The summed E-state index contributed by atoms with van der Waals surface area (Å²) < 4.78 is 5.43. The maximum Gasteiger partial charge on any atom is 0.143 e. The van der Waals surface area contributed by atoms with E-state index in [2.05, 4.69) is 11.0 Å². The van der Waals surface area contributed by atoms with Crippen LogP contribution in [0.5, 0.6) is 5.75 Å². The second-order valence-corrected chi connectivity index (χ2v) is 5.22. The maximum absolute atomic E-state index is 5.88. The molecule has 0 radical (unpaired) electrons. The molecule has 1 unspecified atom stereocenters. The van der Waals surface area contributed by atoms with Crippen LogP contribution in [0.1, 0.15) is 6.92 Å². The van der Waals surface area contributed by atoms with Gasteiger partial charge in [-0.25, -0.2) is 0 Å². The zero-order chi connectivity index (χ0) is 11.5. The molecule has 0 fully saturated rings. The molecular weight excluding hydrogens is 220 g/mol. The molecule has 0 saturated carbocycles. The number of thioether (sulfide) groups is 1. The summed E-state index contributed by atoms with van der Waals surface area (Å²) in [5.74, 6) is 2.07. The number of nitrogens with two attached hydrogens (primary N) is 1. The molecule has 1 aliphatic rings. The third-order valence-corrected chi connectivity index (χ3v) is 3.65. The van der Waals surface area contributed by atoms with Crippen molar-refractivity contribution in [3.63, 3.8) is 0 Å². The molecule has 2 rings (SSSR count). The van der Waals surface area contributed by atoms with Crippen molar-refractivity contribution in [3.05, 3.63) is 18.2 Å². The van der Waals surface area contributed by atoms with E-state index in [1.165, 1.54) is 10.6 Å². The van der Waals surface area contributed by atoms with Gasteiger partial charge in [-0.2, -0.15) is 0 Å².